The first-order valence-corrected chi connectivity index (χ1v) is 5.60. The maximum absolute atomic E-state index is 8.35. The molecule has 0 aliphatic rings. The summed E-state index contributed by atoms with van der Waals surface area (Å²) in [6, 6.07) is 7.33. The Morgan fingerprint density at radius 3 is 2.76 bits per heavy atom. The first-order chi connectivity index (χ1) is 8.29. The number of hydrogen-bond donors (Lipinski definition) is 2. The molecule has 0 radical (unpaired) electrons. The minimum atomic E-state index is 0.0257. The lowest BCUT2D eigenvalue weighted by Gasteiger charge is -2.04. The lowest BCUT2D eigenvalue weighted by Crippen LogP contribution is -2.20. The third-order valence-corrected chi connectivity index (χ3v) is 2.53. The van der Waals surface area contributed by atoms with Gasteiger partial charge < -0.3 is 15.7 Å². The summed E-state index contributed by atoms with van der Waals surface area (Å²) in [7, 11) is 0. The molecular formula is C10H10N4O2S. The van der Waals surface area contributed by atoms with Crippen LogP contribution in [0.15, 0.2) is 34.8 Å². The van der Waals surface area contributed by atoms with Crippen LogP contribution in [0.4, 0.5) is 0 Å². The molecular weight excluding hydrogens is 240 g/mol. The molecule has 0 atom stereocenters. The van der Waals surface area contributed by atoms with E-state index in [0.29, 0.717) is 5.75 Å². The minimum Gasteiger partial charge on any atom is -0.486 e. The average Bonchev–Trinajstić information content (AvgIpc) is 2.90. The normalized spacial score (nSPS) is 11.4. The number of oxime groups is 1. The molecule has 0 bridgehead atoms. The molecule has 0 saturated heterocycles. The molecule has 0 fully saturated rings. The first kappa shape index (κ1) is 11.3. The molecule has 0 amide bonds. The maximum Gasteiger partial charge on any atom is 0.177 e. The number of amidine groups is 1. The van der Waals surface area contributed by atoms with E-state index in [0.717, 1.165) is 11.3 Å². The highest BCUT2D eigenvalue weighted by Crippen LogP contribution is 2.20. The fraction of sp³-hybridized carbons (Fsp3) is 0.100. The van der Waals surface area contributed by atoms with Crippen LogP contribution in [0.1, 0.15) is 0 Å². The van der Waals surface area contributed by atoms with Gasteiger partial charge in [0.25, 0.3) is 0 Å². The molecule has 0 unspecified atom stereocenters. The van der Waals surface area contributed by atoms with E-state index in [1.807, 2.05) is 17.5 Å². The summed E-state index contributed by atoms with van der Waals surface area (Å²) < 4.78 is 9.07. The van der Waals surface area contributed by atoms with Gasteiger partial charge >= 0.3 is 0 Å². The van der Waals surface area contributed by atoms with Gasteiger partial charge in [-0.15, -0.1) is 5.10 Å². The Hall–Kier alpha value is -2.15. The van der Waals surface area contributed by atoms with Crippen LogP contribution in [0.3, 0.4) is 0 Å². The van der Waals surface area contributed by atoms with Crippen molar-refractivity contribution in [1.29, 1.82) is 0 Å². The molecule has 6 nitrogen and oxygen atoms in total. The van der Waals surface area contributed by atoms with Gasteiger partial charge in [-0.25, -0.2) is 0 Å². The highest BCUT2D eigenvalue weighted by molar-refractivity contribution is 7.03. The molecule has 88 valence electrons. The Labute approximate surface area is 102 Å². The third kappa shape index (κ3) is 2.91. The van der Waals surface area contributed by atoms with Crippen molar-refractivity contribution in [2.24, 2.45) is 10.9 Å². The summed E-state index contributed by atoms with van der Waals surface area (Å²) >= 11 is 1.30. The molecule has 2 aromatic rings. The fourth-order valence-corrected chi connectivity index (χ4v) is 1.66. The largest absolute Gasteiger partial charge is 0.486 e. The maximum atomic E-state index is 8.35. The highest BCUT2D eigenvalue weighted by Gasteiger charge is 2.01. The van der Waals surface area contributed by atoms with Gasteiger partial charge in [0.05, 0.1) is 0 Å². The van der Waals surface area contributed by atoms with Gasteiger partial charge in [0.15, 0.2) is 5.84 Å². The van der Waals surface area contributed by atoms with Crippen LogP contribution >= 0.6 is 11.5 Å². The minimum absolute atomic E-state index is 0.0257. The zero-order valence-corrected chi connectivity index (χ0v) is 9.59. The number of aromatic nitrogens is 2. The summed E-state index contributed by atoms with van der Waals surface area (Å²) in [5, 5.41) is 17.0. The fourth-order valence-electron chi connectivity index (χ4n) is 1.20. The molecule has 3 N–H and O–H groups in total. The predicted octanol–water partition coefficient (Wildman–Crippen LogP) is 1.33. The Morgan fingerprint density at radius 1 is 1.41 bits per heavy atom. The highest BCUT2D eigenvalue weighted by atomic mass is 32.1. The van der Waals surface area contributed by atoms with Crippen molar-refractivity contribution >= 4 is 17.4 Å². The summed E-state index contributed by atoms with van der Waals surface area (Å²) in [5.41, 5.74) is 7.08. The van der Waals surface area contributed by atoms with Gasteiger partial charge in [0.2, 0.25) is 0 Å². The van der Waals surface area contributed by atoms with Crippen LogP contribution in [-0.2, 0) is 0 Å². The molecule has 2 rings (SSSR count). The Kier molecular flexibility index (Phi) is 3.51. The molecule has 0 spiro atoms. The molecule has 0 aliphatic carbocycles. The van der Waals surface area contributed by atoms with Crippen LogP contribution in [-0.4, -0.2) is 27.2 Å². The van der Waals surface area contributed by atoms with E-state index in [9.17, 15) is 0 Å². The third-order valence-electron chi connectivity index (χ3n) is 2.03. The number of benzene rings is 1. The van der Waals surface area contributed by atoms with Gasteiger partial charge in [0, 0.05) is 10.9 Å². The Morgan fingerprint density at radius 2 is 2.18 bits per heavy atom. The number of ether oxygens (including phenoxy) is 1. The zero-order chi connectivity index (χ0) is 12.1. The topological polar surface area (TPSA) is 93.6 Å². The van der Waals surface area contributed by atoms with Crippen LogP contribution in [0.5, 0.6) is 5.75 Å². The van der Waals surface area contributed by atoms with Gasteiger partial charge in [-0.2, -0.15) is 0 Å². The number of nitrogens with two attached hydrogens (primary N) is 1. The summed E-state index contributed by atoms with van der Waals surface area (Å²) in [4.78, 5) is 0. The van der Waals surface area contributed by atoms with Gasteiger partial charge in [0.1, 0.15) is 18.1 Å². The Balaban J connectivity index is 2.03. The van der Waals surface area contributed by atoms with Crippen molar-refractivity contribution in [2.45, 2.75) is 0 Å². The molecule has 0 saturated carbocycles. The predicted molar refractivity (Wildman–Crippen MR) is 64.2 cm³/mol. The van der Waals surface area contributed by atoms with E-state index in [1.54, 1.807) is 12.1 Å². The van der Waals surface area contributed by atoms with Crippen LogP contribution in [0.2, 0.25) is 0 Å². The second kappa shape index (κ2) is 5.26. The molecule has 1 aromatic heterocycles. The monoisotopic (exact) mass is 250 g/mol. The zero-order valence-electron chi connectivity index (χ0n) is 8.78. The molecule has 1 aromatic carbocycles. The van der Waals surface area contributed by atoms with Gasteiger partial charge in [-0.05, 0) is 35.8 Å². The number of hydrogen-bond acceptors (Lipinski definition) is 6. The standard InChI is InChI=1S/C10H10N4O2S/c11-10(13-15)5-16-8-3-1-7(2-4-8)9-6-17-14-12-9/h1-4,6,15H,5H2,(H2,11,13). The van der Waals surface area contributed by atoms with Crippen molar-refractivity contribution < 1.29 is 9.94 Å². The smallest absolute Gasteiger partial charge is 0.177 e. The van der Waals surface area contributed by atoms with Crippen LogP contribution in [0, 0.1) is 0 Å². The van der Waals surface area contributed by atoms with Gasteiger partial charge in [-0.1, -0.05) is 9.64 Å². The van der Waals surface area contributed by atoms with Crippen LogP contribution < -0.4 is 10.5 Å². The van der Waals surface area contributed by atoms with Crippen molar-refractivity contribution in [2.75, 3.05) is 6.61 Å². The molecule has 0 aliphatic heterocycles. The molecule has 17 heavy (non-hydrogen) atoms. The van der Waals surface area contributed by atoms with E-state index < -0.39 is 0 Å². The lowest BCUT2D eigenvalue weighted by atomic mass is 10.2. The lowest BCUT2D eigenvalue weighted by molar-refractivity contribution is 0.306. The van der Waals surface area contributed by atoms with Crippen LogP contribution in [0.25, 0.3) is 11.3 Å². The number of rotatable bonds is 4. The van der Waals surface area contributed by atoms with Crippen molar-refractivity contribution in [1.82, 2.24) is 9.59 Å². The van der Waals surface area contributed by atoms with Gasteiger partial charge in [-0.3, -0.25) is 0 Å². The van der Waals surface area contributed by atoms with E-state index >= 15 is 0 Å². The average molecular weight is 250 g/mol. The van der Waals surface area contributed by atoms with Crippen molar-refractivity contribution in [3.63, 3.8) is 0 Å². The molecule has 7 heteroatoms. The number of nitrogens with zero attached hydrogens (tertiary/aromatic N) is 3. The summed E-state index contributed by atoms with van der Waals surface area (Å²) in [6.07, 6.45) is 0. The second-order valence-corrected chi connectivity index (χ2v) is 3.80. The first-order valence-electron chi connectivity index (χ1n) is 4.76. The SMILES string of the molecule is NC(COc1ccc(-c2csnn2)cc1)=NO. The summed E-state index contributed by atoms with van der Waals surface area (Å²) in [5.74, 6) is 0.668. The van der Waals surface area contributed by atoms with E-state index in [1.165, 1.54) is 11.5 Å². The van der Waals surface area contributed by atoms with Crippen molar-refractivity contribution in [3.05, 3.63) is 29.6 Å². The van der Waals surface area contributed by atoms with E-state index in [-0.39, 0.29) is 12.4 Å². The van der Waals surface area contributed by atoms with E-state index in [2.05, 4.69) is 14.7 Å². The second-order valence-electron chi connectivity index (χ2n) is 3.19. The molecule has 1 heterocycles. The van der Waals surface area contributed by atoms with E-state index in [4.69, 9.17) is 15.7 Å². The quantitative estimate of drug-likeness (QED) is 0.369. The van der Waals surface area contributed by atoms with Crippen molar-refractivity contribution in [3.8, 4) is 17.0 Å². The summed E-state index contributed by atoms with van der Waals surface area (Å²) in [6.45, 7) is 0.0497. The Bertz CT molecular complexity index is 496.